The number of halogens is 4. The van der Waals surface area contributed by atoms with Crippen LogP contribution in [0.1, 0.15) is 16.8 Å². The van der Waals surface area contributed by atoms with Crippen LogP contribution in [0.15, 0.2) is 72.8 Å². The van der Waals surface area contributed by atoms with Gasteiger partial charge in [0.15, 0.2) is 5.82 Å². The van der Waals surface area contributed by atoms with Gasteiger partial charge >= 0.3 is 6.18 Å². The number of benzene rings is 3. The minimum Gasteiger partial charge on any atom is -0.352 e. The molecule has 1 aliphatic heterocycles. The Bertz CT molecular complexity index is 1440. The van der Waals surface area contributed by atoms with E-state index in [1.165, 1.54) is 0 Å². The van der Waals surface area contributed by atoms with Crippen LogP contribution in [0.25, 0.3) is 10.8 Å². The van der Waals surface area contributed by atoms with Gasteiger partial charge in [-0.2, -0.15) is 18.3 Å². The van der Waals surface area contributed by atoms with E-state index >= 15 is 0 Å². The summed E-state index contributed by atoms with van der Waals surface area (Å²) in [6.45, 7) is 2.49. The molecule has 5 rings (SSSR count). The number of nitrogens with one attached hydrogen (secondary N) is 1. The first-order valence-electron chi connectivity index (χ1n) is 12.2. The topological polar surface area (TPSA) is 61.4 Å². The molecule has 1 saturated heterocycles. The van der Waals surface area contributed by atoms with Crippen LogP contribution in [-0.4, -0.2) is 53.7 Å². The lowest BCUT2D eigenvalue weighted by atomic mass is 10.0. The van der Waals surface area contributed by atoms with Crippen molar-refractivity contribution in [2.45, 2.75) is 12.6 Å². The molecule has 0 atom stereocenters. The van der Waals surface area contributed by atoms with Crippen molar-refractivity contribution in [3.05, 3.63) is 94.6 Å². The number of amides is 1. The summed E-state index contributed by atoms with van der Waals surface area (Å²) in [5, 5.41) is 13.8. The Morgan fingerprint density at radius 2 is 1.58 bits per heavy atom. The smallest absolute Gasteiger partial charge is 0.352 e. The average molecular weight is 540 g/mol. The predicted octanol–water partition coefficient (Wildman–Crippen LogP) is 5.65. The van der Waals surface area contributed by atoms with Gasteiger partial charge in [-0.25, -0.2) is 0 Å². The number of carbonyl (C=O) groups excluding carboxylic acids is 1. The molecule has 0 radical (unpaired) electrons. The van der Waals surface area contributed by atoms with Gasteiger partial charge in [0.25, 0.3) is 0 Å². The maximum Gasteiger partial charge on any atom is 0.416 e. The quantitative estimate of drug-likeness (QED) is 0.343. The molecule has 2 heterocycles. The third kappa shape index (κ3) is 5.89. The number of alkyl halides is 3. The fourth-order valence-corrected chi connectivity index (χ4v) is 4.77. The molecular weight excluding hydrogens is 515 g/mol. The minimum atomic E-state index is -4.52. The van der Waals surface area contributed by atoms with Crippen molar-refractivity contribution in [3.8, 4) is 0 Å². The van der Waals surface area contributed by atoms with Gasteiger partial charge in [0.1, 0.15) is 0 Å². The summed E-state index contributed by atoms with van der Waals surface area (Å²) < 4.78 is 39.1. The molecule has 1 aliphatic rings. The number of hydrogen-bond donors (Lipinski definition) is 1. The molecule has 38 heavy (non-hydrogen) atoms. The second kappa shape index (κ2) is 11.0. The van der Waals surface area contributed by atoms with E-state index in [1.807, 2.05) is 41.3 Å². The van der Waals surface area contributed by atoms with E-state index in [2.05, 4.69) is 38.6 Å². The largest absolute Gasteiger partial charge is 0.416 e. The summed E-state index contributed by atoms with van der Waals surface area (Å²) in [4.78, 5) is 16.7. The minimum absolute atomic E-state index is 0.0445. The number of anilines is 2. The highest BCUT2D eigenvalue weighted by Crippen LogP contribution is 2.34. The lowest BCUT2D eigenvalue weighted by Gasteiger charge is -2.35. The van der Waals surface area contributed by atoms with Gasteiger partial charge in [-0.15, -0.1) is 5.10 Å². The van der Waals surface area contributed by atoms with Gasteiger partial charge in [0, 0.05) is 43.4 Å². The van der Waals surface area contributed by atoms with Crippen molar-refractivity contribution in [2.75, 3.05) is 42.9 Å². The molecular formula is C28H25ClF3N5O. The summed E-state index contributed by atoms with van der Waals surface area (Å²) in [5.74, 6) is 0.382. The van der Waals surface area contributed by atoms with Crippen molar-refractivity contribution in [1.82, 2.24) is 15.1 Å². The van der Waals surface area contributed by atoms with Gasteiger partial charge in [-0.05, 0) is 23.8 Å². The third-order valence-corrected chi connectivity index (χ3v) is 6.90. The predicted molar refractivity (Wildman–Crippen MR) is 143 cm³/mol. The maximum absolute atomic E-state index is 13.0. The van der Waals surface area contributed by atoms with E-state index in [-0.39, 0.29) is 17.3 Å². The standard InChI is InChI=1S/C28H25ClF3N5O/c29-23-11-10-20(28(30,31)32)17-25(23)33-26(38)18-36-12-14-37(15-13-36)27-22-9-5-4-8-21(22)24(34-35-27)16-19-6-2-1-3-7-19/h1-11,17H,12-16,18H2,(H,33,38). The van der Waals surface area contributed by atoms with Crippen LogP contribution in [0.2, 0.25) is 5.02 Å². The highest BCUT2D eigenvalue weighted by molar-refractivity contribution is 6.33. The fraction of sp³-hybridized carbons (Fsp3) is 0.250. The van der Waals surface area contributed by atoms with Crippen LogP contribution in [0.4, 0.5) is 24.7 Å². The summed E-state index contributed by atoms with van der Waals surface area (Å²) in [6.07, 6.45) is -3.83. The fourth-order valence-electron chi connectivity index (χ4n) is 4.61. The molecule has 1 N–H and O–H groups in total. The van der Waals surface area contributed by atoms with Crippen molar-refractivity contribution in [1.29, 1.82) is 0 Å². The first kappa shape index (κ1) is 25.9. The second-order valence-electron chi connectivity index (χ2n) is 9.18. The highest BCUT2D eigenvalue weighted by atomic mass is 35.5. The van der Waals surface area contributed by atoms with Crippen molar-refractivity contribution in [3.63, 3.8) is 0 Å². The van der Waals surface area contributed by atoms with Crippen LogP contribution >= 0.6 is 11.6 Å². The van der Waals surface area contributed by atoms with Crippen LogP contribution < -0.4 is 10.2 Å². The second-order valence-corrected chi connectivity index (χ2v) is 9.59. The first-order valence-corrected chi connectivity index (χ1v) is 12.6. The molecule has 0 saturated carbocycles. The Morgan fingerprint density at radius 1 is 0.895 bits per heavy atom. The Hall–Kier alpha value is -3.69. The van der Waals surface area contributed by atoms with E-state index in [4.69, 9.17) is 11.6 Å². The van der Waals surface area contributed by atoms with Gasteiger partial charge in [-0.1, -0.05) is 66.2 Å². The normalized spacial score (nSPS) is 14.6. The molecule has 0 unspecified atom stereocenters. The Labute approximate surface area is 223 Å². The van der Waals surface area contributed by atoms with Gasteiger partial charge in [0.05, 0.1) is 28.5 Å². The summed E-state index contributed by atoms with van der Waals surface area (Å²) in [5.41, 5.74) is 1.16. The Balaban J connectivity index is 1.23. The van der Waals surface area contributed by atoms with Crippen molar-refractivity contribution >= 4 is 39.8 Å². The van der Waals surface area contributed by atoms with Crippen LogP contribution in [0, 0.1) is 0 Å². The summed E-state index contributed by atoms with van der Waals surface area (Å²) >= 11 is 6.01. The number of carbonyl (C=O) groups is 1. The molecule has 1 amide bonds. The van der Waals surface area contributed by atoms with E-state index in [1.54, 1.807) is 0 Å². The molecule has 1 fully saturated rings. The molecule has 0 spiro atoms. The average Bonchev–Trinajstić information content (AvgIpc) is 2.91. The van der Waals surface area contributed by atoms with Crippen molar-refractivity contribution in [2.24, 2.45) is 0 Å². The Morgan fingerprint density at radius 3 is 2.29 bits per heavy atom. The first-order chi connectivity index (χ1) is 18.3. The summed E-state index contributed by atoms with van der Waals surface area (Å²) in [7, 11) is 0. The van der Waals surface area contributed by atoms with Gasteiger partial charge in [0.2, 0.25) is 5.91 Å². The number of fused-ring (bicyclic) bond motifs is 1. The number of rotatable bonds is 6. The van der Waals surface area contributed by atoms with E-state index in [0.29, 0.717) is 32.6 Å². The lowest BCUT2D eigenvalue weighted by molar-refractivity contribution is -0.137. The third-order valence-electron chi connectivity index (χ3n) is 6.57. The number of piperazine rings is 1. The molecule has 3 aromatic carbocycles. The monoisotopic (exact) mass is 539 g/mol. The zero-order valence-electron chi connectivity index (χ0n) is 20.4. The molecule has 196 valence electrons. The number of nitrogens with zero attached hydrogens (tertiary/aromatic N) is 4. The zero-order valence-corrected chi connectivity index (χ0v) is 21.1. The molecule has 0 bridgehead atoms. The SMILES string of the molecule is O=C(CN1CCN(c2nnc(Cc3ccccc3)c3ccccc23)CC1)Nc1cc(C(F)(F)F)ccc1Cl. The maximum atomic E-state index is 13.0. The highest BCUT2D eigenvalue weighted by Gasteiger charge is 2.31. The number of aromatic nitrogens is 2. The van der Waals surface area contributed by atoms with Crippen LogP contribution in [0.3, 0.4) is 0 Å². The molecule has 10 heteroatoms. The Kier molecular flexibility index (Phi) is 7.49. The molecule has 6 nitrogen and oxygen atoms in total. The van der Waals surface area contributed by atoms with E-state index in [9.17, 15) is 18.0 Å². The van der Waals surface area contributed by atoms with E-state index < -0.39 is 17.6 Å². The lowest BCUT2D eigenvalue weighted by Crippen LogP contribution is -2.49. The zero-order chi connectivity index (χ0) is 26.7. The van der Waals surface area contributed by atoms with Gasteiger partial charge < -0.3 is 10.2 Å². The van der Waals surface area contributed by atoms with Crippen LogP contribution in [-0.2, 0) is 17.4 Å². The van der Waals surface area contributed by atoms with Crippen molar-refractivity contribution < 1.29 is 18.0 Å². The van der Waals surface area contributed by atoms with Crippen LogP contribution in [0.5, 0.6) is 0 Å². The summed E-state index contributed by atoms with van der Waals surface area (Å²) in [6, 6.07) is 21.1. The number of hydrogen-bond acceptors (Lipinski definition) is 5. The molecule has 0 aliphatic carbocycles. The molecule has 4 aromatic rings. The molecule has 1 aromatic heterocycles. The van der Waals surface area contributed by atoms with E-state index in [0.717, 1.165) is 46.0 Å². The van der Waals surface area contributed by atoms with Gasteiger partial charge in [-0.3, -0.25) is 9.69 Å².